The number of nitrogens with two attached hydrogens (primary N) is 1. The molecule has 2 aromatic rings. The van der Waals surface area contributed by atoms with Crippen LogP contribution in [0.5, 0.6) is 5.75 Å². The van der Waals surface area contributed by atoms with Gasteiger partial charge in [-0.3, -0.25) is 9.79 Å². The Morgan fingerprint density at radius 3 is 2.85 bits per heavy atom. The van der Waals surface area contributed by atoms with E-state index in [4.69, 9.17) is 38.1 Å². The predicted octanol–water partition coefficient (Wildman–Crippen LogP) is 3.71. The van der Waals surface area contributed by atoms with Gasteiger partial charge in [-0.15, -0.1) is 0 Å². The van der Waals surface area contributed by atoms with E-state index in [-0.39, 0.29) is 23.1 Å². The Bertz CT molecular complexity index is 859. The van der Waals surface area contributed by atoms with Crippen molar-refractivity contribution >= 4 is 41.0 Å². The summed E-state index contributed by atoms with van der Waals surface area (Å²) >= 11 is 12.1. The maximum atomic E-state index is 11.4. The molecule has 0 radical (unpaired) electrons. The van der Waals surface area contributed by atoms with Crippen molar-refractivity contribution in [3.63, 3.8) is 0 Å². The molecule has 0 aliphatic heterocycles. The molecule has 3 N–H and O–H groups in total. The van der Waals surface area contributed by atoms with Crippen molar-refractivity contribution in [2.75, 3.05) is 7.11 Å². The highest BCUT2D eigenvalue weighted by Gasteiger charge is 2.13. The molecule has 0 aliphatic carbocycles. The minimum Gasteiger partial charge on any atom is -0.496 e. The summed E-state index contributed by atoms with van der Waals surface area (Å²) in [5.41, 5.74) is 6.88. The lowest BCUT2D eigenvalue weighted by atomic mass is 10.1. The van der Waals surface area contributed by atoms with Crippen molar-refractivity contribution in [2.24, 2.45) is 10.7 Å². The molecule has 136 valence electrons. The maximum Gasteiger partial charge on any atom is 0.167 e. The normalized spacial score (nSPS) is 12.3. The predicted molar refractivity (Wildman–Crippen MR) is 103 cm³/mol. The molecule has 8 heteroatoms. The second-order valence-corrected chi connectivity index (χ2v) is 5.89. The van der Waals surface area contributed by atoms with Gasteiger partial charge >= 0.3 is 0 Å². The van der Waals surface area contributed by atoms with Gasteiger partial charge in [0, 0.05) is 16.3 Å². The first-order chi connectivity index (χ1) is 12.5. The first kappa shape index (κ1) is 19.6. The molecule has 0 fully saturated rings. The fourth-order valence-corrected chi connectivity index (χ4v) is 2.37. The van der Waals surface area contributed by atoms with Crippen LogP contribution in [-0.4, -0.2) is 19.2 Å². The lowest BCUT2D eigenvalue weighted by Crippen LogP contribution is -2.21. The molecule has 1 heterocycles. The molecule has 0 aliphatic rings. The second-order valence-electron chi connectivity index (χ2n) is 5.07. The summed E-state index contributed by atoms with van der Waals surface area (Å²) < 4.78 is 10.4. The number of aldehydes is 1. The number of nitrogens with zero attached hydrogens (tertiary/aromatic N) is 1. The number of furan rings is 1. The van der Waals surface area contributed by atoms with Crippen LogP contribution in [0.4, 0.5) is 0 Å². The van der Waals surface area contributed by atoms with Crippen molar-refractivity contribution in [3.05, 3.63) is 70.2 Å². The van der Waals surface area contributed by atoms with Crippen LogP contribution < -0.4 is 15.8 Å². The standard InChI is InChI=1S/C18H17Cl2N3O3/c1-11(14-6-5-12(19)8-16(14)25-2)23-15(10-24)17(20)18(21)22-9-13-4-3-7-26-13/h3-8,10,23H,1,9H2,2H3,(H2,21,22). The first-order valence-corrected chi connectivity index (χ1v) is 8.19. The van der Waals surface area contributed by atoms with Crippen LogP contribution in [0.15, 0.2) is 63.3 Å². The molecule has 2 rings (SSSR count). The van der Waals surface area contributed by atoms with E-state index in [1.54, 1.807) is 30.3 Å². The quantitative estimate of drug-likeness (QED) is 0.308. The van der Waals surface area contributed by atoms with E-state index in [0.29, 0.717) is 34.1 Å². The Kier molecular flexibility index (Phi) is 6.89. The molecule has 1 aromatic heterocycles. The SMILES string of the molecule is C=C(NC(C=O)=C(Cl)C(N)=NCc1ccco1)c1ccc(Cl)cc1OC. The molecule has 0 bridgehead atoms. The van der Waals surface area contributed by atoms with Crippen molar-refractivity contribution in [2.45, 2.75) is 6.54 Å². The molecule has 26 heavy (non-hydrogen) atoms. The number of benzene rings is 1. The van der Waals surface area contributed by atoms with E-state index in [2.05, 4.69) is 16.9 Å². The highest BCUT2D eigenvalue weighted by Crippen LogP contribution is 2.27. The number of nitrogens with one attached hydrogen (secondary N) is 1. The van der Waals surface area contributed by atoms with Crippen molar-refractivity contribution in [1.82, 2.24) is 5.32 Å². The number of methoxy groups -OCH3 is 1. The topological polar surface area (TPSA) is 89.9 Å². The van der Waals surface area contributed by atoms with Gasteiger partial charge in [0.05, 0.1) is 19.9 Å². The van der Waals surface area contributed by atoms with Crippen LogP contribution in [0.3, 0.4) is 0 Å². The van der Waals surface area contributed by atoms with Crippen molar-refractivity contribution in [3.8, 4) is 5.75 Å². The molecule has 0 spiro atoms. The fourth-order valence-electron chi connectivity index (χ4n) is 2.05. The minimum atomic E-state index is -0.0272. The van der Waals surface area contributed by atoms with Gasteiger partial charge in [0.1, 0.15) is 28.1 Å². The summed E-state index contributed by atoms with van der Waals surface area (Å²) in [5, 5.41) is 3.31. The van der Waals surface area contributed by atoms with Crippen LogP contribution in [0.25, 0.3) is 5.70 Å². The van der Waals surface area contributed by atoms with E-state index < -0.39 is 0 Å². The van der Waals surface area contributed by atoms with Gasteiger partial charge in [-0.05, 0) is 30.3 Å². The Morgan fingerprint density at radius 1 is 1.46 bits per heavy atom. The molecule has 0 saturated carbocycles. The average Bonchev–Trinajstić information content (AvgIpc) is 3.16. The first-order valence-electron chi connectivity index (χ1n) is 7.43. The molecular formula is C18H17Cl2N3O3. The lowest BCUT2D eigenvalue weighted by Gasteiger charge is -2.14. The van der Waals surface area contributed by atoms with Gasteiger partial charge < -0.3 is 20.2 Å². The van der Waals surface area contributed by atoms with Crippen LogP contribution in [-0.2, 0) is 11.3 Å². The largest absolute Gasteiger partial charge is 0.496 e. The summed E-state index contributed by atoms with van der Waals surface area (Å²) in [6, 6.07) is 8.51. The Morgan fingerprint density at radius 2 is 2.23 bits per heavy atom. The van der Waals surface area contributed by atoms with Crippen LogP contribution in [0.1, 0.15) is 11.3 Å². The molecule has 0 saturated heterocycles. The summed E-state index contributed by atoms with van der Waals surface area (Å²) in [5.74, 6) is 1.11. The van der Waals surface area contributed by atoms with E-state index >= 15 is 0 Å². The van der Waals surface area contributed by atoms with Gasteiger partial charge in [0.15, 0.2) is 6.29 Å². The van der Waals surface area contributed by atoms with E-state index in [1.165, 1.54) is 13.4 Å². The third kappa shape index (κ3) is 4.91. The number of allylic oxidation sites excluding steroid dienone is 1. The van der Waals surface area contributed by atoms with Crippen LogP contribution in [0, 0.1) is 0 Å². The van der Waals surface area contributed by atoms with Gasteiger partial charge in [-0.2, -0.15) is 0 Å². The summed E-state index contributed by atoms with van der Waals surface area (Å²) in [4.78, 5) is 15.5. The number of halogens is 2. The minimum absolute atomic E-state index is 0.00598. The average molecular weight is 394 g/mol. The summed E-state index contributed by atoms with van der Waals surface area (Å²) in [7, 11) is 1.51. The number of amidine groups is 1. The number of carbonyl (C=O) groups excluding carboxylic acids is 1. The number of ether oxygens (including phenoxy) is 1. The van der Waals surface area contributed by atoms with Gasteiger partial charge in [0.2, 0.25) is 0 Å². The van der Waals surface area contributed by atoms with E-state index in [9.17, 15) is 4.79 Å². The lowest BCUT2D eigenvalue weighted by molar-refractivity contribution is -0.105. The zero-order valence-corrected chi connectivity index (χ0v) is 15.5. The molecular weight excluding hydrogens is 377 g/mol. The smallest absolute Gasteiger partial charge is 0.167 e. The van der Waals surface area contributed by atoms with Crippen LogP contribution in [0.2, 0.25) is 5.02 Å². The molecule has 0 atom stereocenters. The zero-order valence-electron chi connectivity index (χ0n) is 14.0. The number of hydrogen-bond acceptors (Lipinski definition) is 5. The maximum absolute atomic E-state index is 11.4. The summed E-state index contributed by atoms with van der Waals surface area (Å²) in [6.45, 7) is 4.10. The summed E-state index contributed by atoms with van der Waals surface area (Å²) in [6.07, 6.45) is 2.06. The van der Waals surface area contributed by atoms with E-state index in [1.807, 2.05) is 0 Å². The Hall–Kier alpha value is -2.70. The number of hydrogen-bond donors (Lipinski definition) is 2. The molecule has 0 unspecified atom stereocenters. The van der Waals surface area contributed by atoms with Crippen molar-refractivity contribution in [1.29, 1.82) is 0 Å². The fraction of sp³-hybridized carbons (Fsp3) is 0.111. The highest BCUT2D eigenvalue weighted by molar-refractivity contribution is 6.44. The van der Waals surface area contributed by atoms with Gasteiger partial charge in [-0.25, -0.2) is 0 Å². The number of rotatable bonds is 8. The molecule has 6 nitrogen and oxygen atoms in total. The highest BCUT2D eigenvalue weighted by atomic mass is 35.5. The monoisotopic (exact) mass is 393 g/mol. The number of carbonyl (C=O) groups is 1. The Labute approximate surface area is 160 Å². The molecule has 1 aromatic carbocycles. The van der Waals surface area contributed by atoms with Crippen LogP contribution >= 0.6 is 23.2 Å². The molecule has 0 amide bonds. The third-order valence-electron chi connectivity index (χ3n) is 3.34. The zero-order chi connectivity index (χ0) is 19.1. The van der Waals surface area contributed by atoms with E-state index in [0.717, 1.165) is 0 Å². The second kappa shape index (κ2) is 9.12. The van der Waals surface area contributed by atoms with Crippen molar-refractivity contribution < 1.29 is 13.9 Å². The van der Waals surface area contributed by atoms with Gasteiger partial charge in [-0.1, -0.05) is 29.8 Å². The Balaban J connectivity index is 2.21. The van der Waals surface area contributed by atoms with Gasteiger partial charge in [0.25, 0.3) is 0 Å². The number of aliphatic imine (C=N–C) groups is 1. The third-order valence-corrected chi connectivity index (χ3v) is 3.97.